The van der Waals surface area contributed by atoms with Crippen LogP contribution in [0.2, 0.25) is 0 Å². The molecule has 0 aliphatic carbocycles. The van der Waals surface area contributed by atoms with Crippen molar-refractivity contribution >= 4 is 15.7 Å². The molecule has 0 radical (unpaired) electrons. The van der Waals surface area contributed by atoms with E-state index in [-0.39, 0.29) is 21.8 Å². The van der Waals surface area contributed by atoms with Crippen LogP contribution < -0.4 is 14.5 Å². The van der Waals surface area contributed by atoms with Crippen molar-refractivity contribution < 1.29 is 13.2 Å². The molecule has 0 fully saturated rings. The van der Waals surface area contributed by atoms with Gasteiger partial charge in [0, 0.05) is 7.05 Å². The number of hydrogen-bond donors (Lipinski definition) is 0. The number of methoxy groups -OCH3 is 1. The summed E-state index contributed by atoms with van der Waals surface area (Å²) >= 11 is 0. The van der Waals surface area contributed by atoms with Crippen LogP contribution >= 0.6 is 0 Å². The van der Waals surface area contributed by atoms with Crippen molar-refractivity contribution in [3.63, 3.8) is 0 Å². The summed E-state index contributed by atoms with van der Waals surface area (Å²) in [6.45, 7) is 1.88. The highest BCUT2D eigenvalue weighted by Crippen LogP contribution is 2.27. The van der Waals surface area contributed by atoms with E-state index in [1.165, 1.54) is 38.4 Å². The van der Waals surface area contributed by atoms with Crippen molar-refractivity contribution in [2.45, 2.75) is 11.8 Å². The van der Waals surface area contributed by atoms with Crippen LogP contribution in [0.25, 0.3) is 0 Å². The van der Waals surface area contributed by atoms with Crippen LogP contribution in [0.15, 0.2) is 58.2 Å². The fourth-order valence-electron chi connectivity index (χ4n) is 2.02. The van der Waals surface area contributed by atoms with Gasteiger partial charge in [-0.1, -0.05) is 29.8 Å². The van der Waals surface area contributed by atoms with Gasteiger partial charge < -0.3 is 4.74 Å². The van der Waals surface area contributed by atoms with Gasteiger partial charge in [0.25, 0.3) is 10.0 Å². The lowest BCUT2D eigenvalue weighted by molar-refractivity contribution is 0.412. The van der Waals surface area contributed by atoms with Gasteiger partial charge in [-0.15, -0.1) is 0 Å². The van der Waals surface area contributed by atoms with Gasteiger partial charge in [-0.3, -0.25) is 9.10 Å². The quantitative estimate of drug-likeness (QED) is 0.866. The third-order valence-corrected chi connectivity index (χ3v) is 5.08. The van der Waals surface area contributed by atoms with Crippen molar-refractivity contribution in [2.24, 2.45) is 0 Å². The Bertz CT molecular complexity index is 829. The largest absolute Gasteiger partial charge is 0.491 e. The van der Waals surface area contributed by atoms with Crippen LogP contribution in [0.4, 0.5) is 5.69 Å². The minimum atomic E-state index is -3.77. The van der Waals surface area contributed by atoms with Crippen molar-refractivity contribution in [3.8, 4) is 5.75 Å². The number of aryl methyl sites for hydroxylation is 1. The number of benzene rings is 1. The van der Waals surface area contributed by atoms with E-state index in [9.17, 15) is 13.2 Å². The molecule has 0 N–H and O–H groups in total. The highest BCUT2D eigenvalue weighted by molar-refractivity contribution is 7.92. The molecule has 0 aromatic heterocycles. The zero-order valence-electron chi connectivity index (χ0n) is 12.6. The van der Waals surface area contributed by atoms with Crippen LogP contribution in [0.3, 0.4) is 0 Å². The van der Waals surface area contributed by atoms with Gasteiger partial charge in [-0.2, -0.15) is 0 Å². The van der Waals surface area contributed by atoms with Gasteiger partial charge in [-0.05, 0) is 31.2 Å². The summed E-state index contributed by atoms with van der Waals surface area (Å²) in [7, 11) is -1.04. The standard InChI is InChI=1S/C16H17NO4S/c1-12-8-10-13(11-9-12)22(19,20)17(2)14-6-4-5-7-15(18)16(14)21-3/h4-11H,1-3H3. The Morgan fingerprint density at radius 2 is 1.59 bits per heavy atom. The first kappa shape index (κ1) is 16.0. The molecule has 0 amide bonds. The summed E-state index contributed by atoms with van der Waals surface area (Å²) < 4.78 is 31.5. The third kappa shape index (κ3) is 2.96. The lowest BCUT2D eigenvalue weighted by atomic mass is 10.2. The summed E-state index contributed by atoms with van der Waals surface area (Å²) in [5.41, 5.74) is 0.777. The second-order valence-electron chi connectivity index (χ2n) is 4.79. The molecule has 2 aromatic rings. The van der Waals surface area contributed by atoms with Crippen molar-refractivity contribution in [1.82, 2.24) is 0 Å². The third-order valence-electron chi connectivity index (χ3n) is 3.29. The molecule has 2 rings (SSSR count). The van der Waals surface area contributed by atoms with Crippen LogP contribution in [-0.4, -0.2) is 22.6 Å². The van der Waals surface area contributed by atoms with Gasteiger partial charge in [0.05, 0.1) is 17.7 Å². The molecule has 5 nitrogen and oxygen atoms in total. The second kappa shape index (κ2) is 6.19. The number of nitrogens with zero attached hydrogens (tertiary/aromatic N) is 1. The molecule has 0 aliphatic heterocycles. The summed E-state index contributed by atoms with van der Waals surface area (Å²) in [6, 6.07) is 12.5. The minimum Gasteiger partial charge on any atom is -0.491 e. The first-order valence-electron chi connectivity index (χ1n) is 6.61. The van der Waals surface area contributed by atoms with E-state index in [4.69, 9.17) is 4.74 Å². The molecule has 0 spiro atoms. The average molecular weight is 319 g/mol. The Labute approximate surface area is 129 Å². The van der Waals surface area contributed by atoms with Gasteiger partial charge in [0.1, 0.15) is 0 Å². The zero-order valence-corrected chi connectivity index (χ0v) is 13.4. The molecular formula is C16H17NO4S. The van der Waals surface area contributed by atoms with Crippen LogP contribution in [0, 0.1) is 6.92 Å². The number of rotatable bonds is 4. The average Bonchev–Trinajstić information content (AvgIpc) is 2.68. The Balaban J connectivity index is 2.59. The predicted molar refractivity (Wildman–Crippen MR) is 86.0 cm³/mol. The van der Waals surface area contributed by atoms with E-state index in [1.807, 2.05) is 6.92 Å². The highest BCUT2D eigenvalue weighted by atomic mass is 32.2. The monoisotopic (exact) mass is 319 g/mol. The van der Waals surface area contributed by atoms with E-state index in [0.717, 1.165) is 9.87 Å². The Morgan fingerprint density at radius 1 is 1.00 bits per heavy atom. The Morgan fingerprint density at radius 3 is 2.18 bits per heavy atom. The molecule has 0 unspecified atom stereocenters. The van der Waals surface area contributed by atoms with Gasteiger partial charge >= 0.3 is 0 Å². The molecule has 0 saturated heterocycles. The SMILES string of the molecule is COc1c(N(C)S(=O)(=O)c2ccc(C)cc2)ccccc1=O. The molecule has 0 bridgehead atoms. The van der Waals surface area contributed by atoms with E-state index in [0.29, 0.717) is 0 Å². The first-order chi connectivity index (χ1) is 10.4. The molecule has 6 heteroatoms. The van der Waals surface area contributed by atoms with Crippen molar-refractivity contribution in [1.29, 1.82) is 0 Å². The Hall–Kier alpha value is -2.34. The fourth-order valence-corrected chi connectivity index (χ4v) is 3.22. The van der Waals surface area contributed by atoms with E-state index < -0.39 is 10.0 Å². The number of sulfonamides is 1. The molecule has 116 valence electrons. The topological polar surface area (TPSA) is 63.7 Å². The van der Waals surface area contributed by atoms with Crippen molar-refractivity contribution in [2.75, 3.05) is 18.5 Å². The first-order valence-corrected chi connectivity index (χ1v) is 8.05. The van der Waals surface area contributed by atoms with E-state index in [2.05, 4.69) is 0 Å². The van der Waals surface area contributed by atoms with Crippen LogP contribution in [0.5, 0.6) is 5.75 Å². The molecule has 0 atom stereocenters. The van der Waals surface area contributed by atoms with Gasteiger partial charge in [0.15, 0.2) is 5.75 Å². The Kier molecular flexibility index (Phi) is 4.51. The molecule has 0 saturated carbocycles. The summed E-state index contributed by atoms with van der Waals surface area (Å²) in [6.07, 6.45) is 0. The summed E-state index contributed by atoms with van der Waals surface area (Å²) in [5.74, 6) is -0.0109. The van der Waals surface area contributed by atoms with E-state index in [1.54, 1.807) is 24.3 Å². The van der Waals surface area contributed by atoms with Crippen LogP contribution in [0.1, 0.15) is 5.56 Å². The maximum Gasteiger partial charge on any atom is 0.264 e. The number of anilines is 1. The summed E-state index contributed by atoms with van der Waals surface area (Å²) in [4.78, 5) is 12.1. The van der Waals surface area contributed by atoms with Crippen molar-refractivity contribution in [3.05, 3.63) is 64.3 Å². The predicted octanol–water partition coefficient (Wildman–Crippen LogP) is 2.19. The maximum atomic E-state index is 12.7. The summed E-state index contributed by atoms with van der Waals surface area (Å²) in [5, 5.41) is 0. The number of ether oxygens (including phenoxy) is 1. The fraction of sp³-hybridized carbons (Fsp3) is 0.188. The highest BCUT2D eigenvalue weighted by Gasteiger charge is 2.24. The second-order valence-corrected chi connectivity index (χ2v) is 6.76. The zero-order chi connectivity index (χ0) is 16.3. The lowest BCUT2D eigenvalue weighted by Crippen LogP contribution is -2.27. The molecule has 0 heterocycles. The molecular weight excluding hydrogens is 302 g/mol. The molecule has 22 heavy (non-hydrogen) atoms. The number of hydrogen-bond acceptors (Lipinski definition) is 4. The van der Waals surface area contributed by atoms with Crippen LogP contribution in [-0.2, 0) is 10.0 Å². The lowest BCUT2D eigenvalue weighted by Gasteiger charge is -2.20. The normalized spacial score (nSPS) is 11.0. The van der Waals surface area contributed by atoms with Gasteiger partial charge in [0.2, 0.25) is 5.43 Å². The minimum absolute atomic E-state index is 0.0109. The molecule has 0 aliphatic rings. The van der Waals surface area contributed by atoms with Gasteiger partial charge in [-0.25, -0.2) is 8.42 Å². The molecule has 2 aromatic carbocycles. The smallest absolute Gasteiger partial charge is 0.264 e. The maximum absolute atomic E-state index is 12.7. The van der Waals surface area contributed by atoms with E-state index >= 15 is 0 Å².